The Bertz CT molecular complexity index is 342. The number of aryl methyl sites for hydroxylation is 1. The molecule has 1 aromatic heterocycles. The highest BCUT2D eigenvalue weighted by Gasteiger charge is 2.18. The standard InChI is InChI=1S/C9H16N4OS.ClH/c1-4-6-12-13-9(15-6)11-8(14)7(10)5(2)3;/h5,7H,4,10H2,1-3H3,(H,11,13,14);1H/t7-;/m0./s1. The third kappa shape index (κ3) is 4.03. The minimum atomic E-state index is -0.501. The Kier molecular flexibility index (Phi) is 6.47. The molecule has 0 saturated carbocycles. The normalized spacial score (nSPS) is 12.1. The number of nitrogens with zero attached hydrogens (tertiary/aromatic N) is 2. The first-order valence-corrected chi connectivity index (χ1v) is 5.75. The van der Waals surface area contributed by atoms with Crippen molar-refractivity contribution in [1.29, 1.82) is 0 Å². The van der Waals surface area contributed by atoms with Crippen molar-refractivity contribution >= 4 is 34.8 Å². The van der Waals surface area contributed by atoms with Gasteiger partial charge in [-0.2, -0.15) is 0 Å². The van der Waals surface area contributed by atoms with Gasteiger partial charge in [0.25, 0.3) is 0 Å². The molecule has 0 aliphatic carbocycles. The molecule has 0 fully saturated rings. The number of hydrogen-bond donors (Lipinski definition) is 2. The van der Waals surface area contributed by atoms with Crippen molar-refractivity contribution in [1.82, 2.24) is 10.2 Å². The number of rotatable bonds is 4. The third-order valence-corrected chi connectivity index (χ3v) is 3.00. The molecule has 0 radical (unpaired) electrons. The van der Waals surface area contributed by atoms with Crippen molar-refractivity contribution in [3.05, 3.63) is 5.01 Å². The molecule has 1 rings (SSSR count). The lowest BCUT2D eigenvalue weighted by Crippen LogP contribution is -2.39. The van der Waals surface area contributed by atoms with Gasteiger partial charge < -0.3 is 5.73 Å². The van der Waals surface area contributed by atoms with Crippen molar-refractivity contribution in [2.45, 2.75) is 33.2 Å². The van der Waals surface area contributed by atoms with Crippen LogP contribution in [-0.2, 0) is 11.2 Å². The van der Waals surface area contributed by atoms with Crippen LogP contribution in [-0.4, -0.2) is 22.1 Å². The van der Waals surface area contributed by atoms with Crippen LogP contribution in [0.15, 0.2) is 0 Å². The molecule has 0 aliphatic heterocycles. The number of amides is 1. The zero-order valence-corrected chi connectivity index (χ0v) is 11.2. The summed E-state index contributed by atoms with van der Waals surface area (Å²) in [5, 5.41) is 11.8. The van der Waals surface area contributed by atoms with Crippen molar-refractivity contribution < 1.29 is 4.79 Å². The van der Waals surface area contributed by atoms with Gasteiger partial charge in [-0.25, -0.2) is 0 Å². The number of nitrogens with two attached hydrogens (primary N) is 1. The Morgan fingerprint density at radius 2 is 2.12 bits per heavy atom. The van der Waals surface area contributed by atoms with Crippen LogP contribution in [0, 0.1) is 5.92 Å². The van der Waals surface area contributed by atoms with E-state index in [1.54, 1.807) is 0 Å². The van der Waals surface area contributed by atoms with E-state index >= 15 is 0 Å². The second-order valence-electron chi connectivity index (χ2n) is 3.61. The minimum Gasteiger partial charge on any atom is -0.320 e. The van der Waals surface area contributed by atoms with Crippen LogP contribution in [0.1, 0.15) is 25.8 Å². The van der Waals surface area contributed by atoms with Gasteiger partial charge in [-0.1, -0.05) is 32.1 Å². The van der Waals surface area contributed by atoms with Gasteiger partial charge in [0.15, 0.2) is 0 Å². The van der Waals surface area contributed by atoms with Gasteiger partial charge in [0, 0.05) is 0 Å². The Morgan fingerprint density at radius 1 is 1.50 bits per heavy atom. The van der Waals surface area contributed by atoms with Crippen molar-refractivity contribution in [2.24, 2.45) is 11.7 Å². The molecule has 92 valence electrons. The van der Waals surface area contributed by atoms with Crippen LogP contribution in [0.2, 0.25) is 0 Å². The van der Waals surface area contributed by atoms with E-state index in [9.17, 15) is 4.79 Å². The van der Waals surface area contributed by atoms with Gasteiger partial charge in [-0.15, -0.1) is 22.6 Å². The topological polar surface area (TPSA) is 80.9 Å². The number of hydrogen-bond acceptors (Lipinski definition) is 5. The van der Waals surface area contributed by atoms with Crippen LogP contribution in [0.25, 0.3) is 0 Å². The van der Waals surface area contributed by atoms with E-state index in [4.69, 9.17) is 5.73 Å². The van der Waals surface area contributed by atoms with E-state index in [-0.39, 0.29) is 24.2 Å². The molecule has 1 aromatic rings. The molecule has 0 aliphatic rings. The average molecular weight is 265 g/mol. The predicted octanol–water partition coefficient (Wildman–Crippen LogP) is 1.44. The largest absolute Gasteiger partial charge is 0.320 e. The number of halogens is 1. The quantitative estimate of drug-likeness (QED) is 0.862. The second kappa shape index (κ2) is 6.78. The summed E-state index contributed by atoms with van der Waals surface area (Å²) in [6.45, 7) is 5.80. The summed E-state index contributed by atoms with van der Waals surface area (Å²) in [6.07, 6.45) is 0.823. The highest BCUT2D eigenvalue weighted by molar-refractivity contribution is 7.15. The fourth-order valence-corrected chi connectivity index (χ4v) is 1.62. The predicted molar refractivity (Wildman–Crippen MR) is 68.0 cm³/mol. The van der Waals surface area contributed by atoms with Crippen LogP contribution in [0.4, 0.5) is 5.13 Å². The molecule has 1 amide bonds. The van der Waals surface area contributed by atoms with E-state index < -0.39 is 6.04 Å². The third-order valence-electron chi connectivity index (χ3n) is 2.02. The Morgan fingerprint density at radius 3 is 2.56 bits per heavy atom. The first-order chi connectivity index (χ1) is 7.04. The number of carbonyl (C=O) groups excluding carboxylic acids is 1. The molecule has 16 heavy (non-hydrogen) atoms. The molecule has 3 N–H and O–H groups in total. The van der Waals surface area contributed by atoms with E-state index in [0.29, 0.717) is 5.13 Å². The van der Waals surface area contributed by atoms with Gasteiger partial charge in [-0.05, 0) is 12.3 Å². The van der Waals surface area contributed by atoms with E-state index in [1.807, 2.05) is 20.8 Å². The summed E-state index contributed by atoms with van der Waals surface area (Å²) in [5.74, 6) is -0.0904. The van der Waals surface area contributed by atoms with Crippen LogP contribution < -0.4 is 11.1 Å². The van der Waals surface area contributed by atoms with Crippen LogP contribution in [0.5, 0.6) is 0 Å². The maximum atomic E-state index is 11.6. The summed E-state index contributed by atoms with van der Waals surface area (Å²) in [4.78, 5) is 11.6. The van der Waals surface area contributed by atoms with Gasteiger partial charge in [0.2, 0.25) is 11.0 Å². The maximum absolute atomic E-state index is 11.6. The lowest BCUT2D eigenvalue weighted by Gasteiger charge is -2.13. The molecule has 1 heterocycles. The summed E-state index contributed by atoms with van der Waals surface area (Å²) in [6, 6.07) is -0.501. The number of aromatic nitrogens is 2. The van der Waals surface area contributed by atoms with E-state index in [2.05, 4.69) is 15.5 Å². The van der Waals surface area contributed by atoms with Crippen molar-refractivity contribution in [2.75, 3.05) is 5.32 Å². The van der Waals surface area contributed by atoms with Gasteiger partial charge in [0.1, 0.15) is 5.01 Å². The molecule has 5 nitrogen and oxygen atoms in total. The fourth-order valence-electron chi connectivity index (χ4n) is 0.938. The average Bonchev–Trinajstić information content (AvgIpc) is 2.64. The number of nitrogens with one attached hydrogen (secondary N) is 1. The highest BCUT2D eigenvalue weighted by Crippen LogP contribution is 2.15. The monoisotopic (exact) mass is 264 g/mol. The summed E-state index contributed by atoms with van der Waals surface area (Å²) >= 11 is 1.38. The second-order valence-corrected chi connectivity index (χ2v) is 4.68. The molecule has 0 bridgehead atoms. The zero-order chi connectivity index (χ0) is 11.4. The fraction of sp³-hybridized carbons (Fsp3) is 0.667. The molecule has 0 saturated heterocycles. The maximum Gasteiger partial charge on any atom is 0.243 e. The Labute approximate surface area is 105 Å². The smallest absolute Gasteiger partial charge is 0.243 e. The zero-order valence-electron chi connectivity index (χ0n) is 9.56. The molecule has 0 unspecified atom stereocenters. The SMILES string of the molecule is CCc1nnc(NC(=O)[C@@H](N)C(C)C)s1.Cl. The van der Waals surface area contributed by atoms with Crippen LogP contribution >= 0.6 is 23.7 Å². The van der Waals surface area contributed by atoms with Gasteiger partial charge in [-0.3, -0.25) is 10.1 Å². The first kappa shape index (κ1) is 15.3. The van der Waals surface area contributed by atoms with Crippen molar-refractivity contribution in [3.8, 4) is 0 Å². The summed E-state index contributed by atoms with van der Waals surface area (Å²) in [5.41, 5.74) is 5.69. The Hall–Kier alpha value is -0.720. The van der Waals surface area contributed by atoms with Gasteiger partial charge >= 0.3 is 0 Å². The van der Waals surface area contributed by atoms with Crippen LogP contribution in [0.3, 0.4) is 0 Å². The molecule has 1 atom stereocenters. The minimum absolute atomic E-state index is 0. The lowest BCUT2D eigenvalue weighted by molar-refractivity contribution is -0.118. The molecule has 7 heteroatoms. The van der Waals surface area contributed by atoms with E-state index in [1.165, 1.54) is 11.3 Å². The molecular weight excluding hydrogens is 248 g/mol. The Balaban J connectivity index is 0.00000225. The van der Waals surface area contributed by atoms with E-state index in [0.717, 1.165) is 11.4 Å². The van der Waals surface area contributed by atoms with Gasteiger partial charge in [0.05, 0.1) is 6.04 Å². The number of anilines is 1. The number of carbonyl (C=O) groups is 1. The molecule has 0 aromatic carbocycles. The molecular formula is C9H17ClN4OS. The summed E-state index contributed by atoms with van der Waals surface area (Å²) < 4.78 is 0. The highest BCUT2D eigenvalue weighted by atomic mass is 35.5. The lowest BCUT2D eigenvalue weighted by atomic mass is 10.1. The first-order valence-electron chi connectivity index (χ1n) is 4.93. The summed E-state index contributed by atoms with van der Waals surface area (Å²) in [7, 11) is 0. The molecule has 0 spiro atoms. The van der Waals surface area contributed by atoms with Crippen molar-refractivity contribution in [3.63, 3.8) is 0 Å².